The van der Waals surface area contributed by atoms with Crippen molar-refractivity contribution < 1.29 is 9.53 Å². The molecule has 1 amide bonds. The van der Waals surface area contributed by atoms with Gasteiger partial charge in [-0.1, -0.05) is 6.92 Å². The molecule has 1 aliphatic rings. The second-order valence-electron chi connectivity index (χ2n) is 4.41. The van der Waals surface area contributed by atoms with Crippen molar-refractivity contribution in [3.63, 3.8) is 0 Å². The molecule has 2 unspecified atom stereocenters. The van der Waals surface area contributed by atoms with Gasteiger partial charge < -0.3 is 15.4 Å². The van der Waals surface area contributed by atoms with Crippen molar-refractivity contribution in [2.45, 2.75) is 38.8 Å². The van der Waals surface area contributed by atoms with Crippen molar-refractivity contribution in [1.82, 2.24) is 4.90 Å². The van der Waals surface area contributed by atoms with Crippen LogP contribution in [-0.4, -0.2) is 43.2 Å². The number of carbonyl (C=O) groups excluding carboxylic acids is 1. The second-order valence-corrected chi connectivity index (χ2v) is 4.41. The van der Waals surface area contributed by atoms with E-state index in [4.69, 9.17) is 10.5 Å². The van der Waals surface area contributed by atoms with E-state index in [1.54, 1.807) is 7.11 Å². The van der Waals surface area contributed by atoms with Crippen LogP contribution in [0.4, 0.5) is 0 Å². The molecule has 0 spiro atoms. The molecule has 1 fully saturated rings. The highest BCUT2D eigenvalue weighted by molar-refractivity contribution is 5.79. The monoisotopic (exact) mass is 214 g/mol. The summed E-state index contributed by atoms with van der Waals surface area (Å²) in [5, 5.41) is 0. The Morgan fingerprint density at radius 1 is 1.40 bits per heavy atom. The first-order valence-electron chi connectivity index (χ1n) is 5.63. The Morgan fingerprint density at radius 3 is 2.33 bits per heavy atom. The van der Waals surface area contributed by atoms with Crippen molar-refractivity contribution in [2.24, 2.45) is 11.7 Å². The first-order valence-corrected chi connectivity index (χ1v) is 5.63. The van der Waals surface area contributed by atoms with Gasteiger partial charge in [0.25, 0.3) is 0 Å². The molecule has 15 heavy (non-hydrogen) atoms. The molecule has 0 radical (unpaired) electrons. The highest BCUT2D eigenvalue weighted by Gasteiger charge is 2.27. The number of amides is 1. The van der Waals surface area contributed by atoms with Gasteiger partial charge in [-0.2, -0.15) is 0 Å². The number of rotatable bonds is 3. The lowest BCUT2D eigenvalue weighted by molar-refractivity contribution is -0.137. The maximum atomic E-state index is 11.9. The maximum absolute atomic E-state index is 11.9. The Hall–Kier alpha value is -0.610. The third kappa shape index (κ3) is 3.18. The smallest absolute Gasteiger partial charge is 0.226 e. The molecule has 2 atom stereocenters. The Kier molecular flexibility index (Phi) is 4.54. The van der Waals surface area contributed by atoms with Gasteiger partial charge in [-0.15, -0.1) is 0 Å². The highest BCUT2D eigenvalue weighted by atomic mass is 16.5. The van der Waals surface area contributed by atoms with Crippen LogP contribution in [0.5, 0.6) is 0 Å². The first kappa shape index (κ1) is 12.5. The molecule has 1 aliphatic heterocycles. The van der Waals surface area contributed by atoms with Crippen LogP contribution in [0.15, 0.2) is 0 Å². The van der Waals surface area contributed by atoms with Gasteiger partial charge in [0.1, 0.15) is 0 Å². The molecule has 88 valence electrons. The number of methoxy groups -OCH3 is 1. The molecule has 0 bridgehead atoms. The van der Waals surface area contributed by atoms with E-state index in [2.05, 4.69) is 0 Å². The molecular weight excluding hydrogens is 192 g/mol. The Bertz CT molecular complexity index is 211. The second kappa shape index (κ2) is 5.47. The van der Waals surface area contributed by atoms with Gasteiger partial charge in [0, 0.05) is 26.2 Å². The maximum Gasteiger partial charge on any atom is 0.226 e. The lowest BCUT2D eigenvalue weighted by Gasteiger charge is -2.33. The molecule has 0 saturated carbocycles. The van der Waals surface area contributed by atoms with E-state index < -0.39 is 0 Å². The molecule has 4 nitrogen and oxygen atoms in total. The van der Waals surface area contributed by atoms with E-state index in [9.17, 15) is 4.79 Å². The topological polar surface area (TPSA) is 55.6 Å². The number of nitrogens with zero attached hydrogens (tertiary/aromatic N) is 1. The Balaban J connectivity index is 2.42. The van der Waals surface area contributed by atoms with E-state index in [0.29, 0.717) is 6.10 Å². The van der Waals surface area contributed by atoms with Gasteiger partial charge in [0.05, 0.1) is 12.0 Å². The molecule has 0 aromatic heterocycles. The minimum Gasteiger partial charge on any atom is -0.381 e. The number of nitrogens with two attached hydrogens (primary N) is 1. The molecule has 0 aromatic carbocycles. The summed E-state index contributed by atoms with van der Waals surface area (Å²) in [6, 6.07) is -0.0716. The minimum atomic E-state index is -0.0795. The van der Waals surface area contributed by atoms with Crippen LogP contribution < -0.4 is 5.73 Å². The van der Waals surface area contributed by atoms with Crippen LogP contribution in [0.3, 0.4) is 0 Å². The third-order valence-electron chi connectivity index (χ3n) is 3.27. The zero-order chi connectivity index (χ0) is 11.4. The van der Waals surface area contributed by atoms with Gasteiger partial charge in [-0.25, -0.2) is 0 Å². The van der Waals surface area contributed by atoms with Crippen molar-refractivity contribution >= 4 is 5.91 Å². The van der Waals surface area contributed by atoms with E-state index in [-0.39, 0.29) is 17.9 Å². The number of hydrogen-bond donors (Lipinski definition) is 1. The third-order valence-corrected chi connectivity index (χ3v) is 3.27. The summed E-state index contributed by atoms with van der Waals surface area (Å²) in [5.41, 5.74) is 5.72. The quantitative estimate of drug-likeness (QED) is 0.749. The van der Waals surface area contributed by atoms with Crippen molar-refractivity contribution in [1.29, 1.82) is 0 Å². The van der Waals surface area contributed by atoms with Crippen LogP contribution in [0.25, 0.3) is 0 Å². The van der Waals surface area contributed by atoms with E-state index in [1.165, 1.54) is 0 Å². The number of likely N-dealkylation sites (tertiary alicyclic amines) is 1. The standard InChI is InChI=1S/C11H22N2O2/c1-8(9(2)12)11(14)13-6-4-10(15-3)5-7-13/h8-10H,4-7,12H2,1-3H3. The van der Waals surface area contributed by atoms with Gasteiger partial charge in [-0.05, 0) is 19.8 Å². The fourth-order valence-corrected chi connectivity index (χ4v) is 1.82. The van der Waals surface area contributed by atoms with Crippen LogP contribution in [0.1, 0.15) is 26.7 Å². The fourth-order valence-electron chi connectivity index (χ4n) is 1.82. The first-order chi connectivity index (χ1) is 7.06. The molecule has 0 aliphatic carbocycles. The summed E-state index contributed by atoms with van der Waals surface area (Å²) in [7, 11) is 1.73. The van der Waals surface area contributed by atoms with Gasteiger partial charge in [-0.3, -0.25) is 4.79 Å². The van der Waals surface area contributed by atoms with Crippen LogP contribution in [0.2, 0.25) is 0 Å². The van der Waals surface area contributed by atoms with Gasteiger partial charge in [0.2, 0.25) is 5.91 Å². The van der Waals surface area contributed by atoms with Crippen molar-refractivity contribution in [3.8, 4) is 0 Å². The predicted octanol–water partition coefficient (Wildman–Crippen LogP) is 0.607. The SMILES string of the molecule is COC1CCN(C(=O)C(C)C(C)N)CC1. The van der Waals surface area contributed by atoms with E-state index in [0.717, 1.165) is 25.9 Å². The Morgan fingerprint density at radius 2 is 1.93 bits per heavy atom. The van der Waals surface area contributed by atoms with E-state index >= 15 is 0 Å². The van der Waals surface area contributed by atoms with Gasteiger partial charge in [0.15, 0.2) is 0 Å². The summed E-state index contributed by atoms with van der Waals surface area (Å²) in [4.78, 5) is 13.8. The highest BCUT2D eigenvalue weighted by Crippen LogP contribution is 2.16. The zero-order valence-corrected chi connectivity index (χ0v) is 9.90. The molecule has 1 rings (SSSR count). The lowest BCUT2D eigenvalue weighted by Crippen LogP contribution is -2.46. The normalized spacial score (nSPS) is 22.5. The molecule has 1 saturated heterocycles. The Labute approximate surface area is 91.8 Å². The molecule has 1 heterocycles. The average Bonchev–Trinajstić information content (AvgIpc) is 2.27. The summed E-state index contributed by atoms with van der Waals surface area (Å²) >= 11 is 0. The molecule has 4 heteroatoms. The van der Waals surface area contributed by atoms with Crippen molar-refractivity contribution in [3.05, 3.63) is 0 Å². The van der Waals surface area contributed by atoms with Crippen LogP contribution in [-0.2, 0) is 9.53 Å². The predicted molar refractivity (Wildman–Crippen MR) is 59.4 cm³/mol. The number of ether oxygens (including phenoxy) is 1. The summed E-state index contributed by atoms with van der Waals surface area (Å²) in [5.74, 6) is 0.101. The minimum absolute atomic E-state index is 0.0716. The average molecular weight is 214 g/mol. The van der Waals surface area contributed by atoms with Crippen LogP contribution >= 0.6 is 0 Å². The summed E-state index contributed by atoms with van der Waals surface area (Å²) in [6.07, 6.45) is 2.20. The number of hydrogen-bond acceptors (Lipinski definition) is 3. The van der Waals surface area contributed by atoms with E-state index in [1.807, 2.05) is 18.7 Å². The number of carbonyl (C=O) groups is 1. The molecule has 2 N–H and O–H groups in total. The summed E-state index contributed by atoms with van der Waals surface area (Å²) in [6.45, 7) is 5.38. The summed E-state index contributed by atoms with van der Waals surface area (Å²) < 4.78 is 5.26. The van der Waals surface area contributed by atoms with Crippen LogP contribution in [0, 0.1) is 5.92 Å². The fraction of sp³-hybridized carbons (Fsp3) is 0.909. The molecular formula is C11H22N2O2. The lowest BCUT2D eigenvalue weighted by atomic mass is 10.0. The zero-order valence-electron chi connectivity index (χ0n) is 9.90. The van der Waals surface area contributed by atoms with Gasteiger partial charge >= 0.3 is 0 Å². The number of piperidine rings is 1. The van der Waals surface area contributed by atoms with Crippen molar-refractivity contribution in [2.75, 3.05) is 20.2 Å². The largest absolute Gasteiger partial charge is 0.381 e. The molecule has 0 aromatic rings.